The summed E-state index contributed by atoms with van der Waals surface area (Å²) >= 11 is 6.02. The van der Waals surface area contributed by atoms with Crippen LogP contribution >= 0.6 is 11.6 Å². The zero-order chi connectivity index (χ0) is 15.7. The number of hydrogen-bond donors (Lipinski definition) is 1. The van der Waals surface area contributed by atoms with Gasteiger partial charge >= 0.3 is 0 Å². The van der Waals surface area contributed by atoms with E-state index in [2.05, 4.69) is 5.10 Å². The van der Waals surface area contributed by atoms with E-state index in [1.54, 1.807) is 12.1 Å². The molecule has 5 heteroatoms. The fourth-order valence-electron chi connectivity index (χ4n) is 2.40. The van der Waals surface area contributed by atoms with Gasteiger partial charge in [-0.3, -0.25) is 0 Å². The smallest absolute Gasteiger partial charge is 0.123 e. The molecular formula is C17H15ClFN3. The van der Waals surface area contributed by atoms with Crippen molar-refractivity contribution in [2.75, 3.05) is 0 Å². The van der Waals surface area contributed by atoms with E-state index < -0.39 is 0 Å². The maximum absolute atomic E-state index is 13.1. The van der Waals surface area contributed by atoms with Crippen LogP contribution < -0.4 is 5.73 Å². The maximum Gasteiger partial charge on any atom is 0.123 e. The predicted molar refractivity (Wildman–Crippen MR) is 86.6 cm³/mol. The number of rotatable bonds is 3. The van der Waals surface area contributed by atoms with Gasteiger partial charge in [0, 0.05) is 17.1 Å². The third-order valence-corrected chi connectivity index (χ3v) is 3.73. The Labute approximate surface area is 133 Å². The lowest BCUT2D eigenvalue weighted by Crippen LogP contribution is -2.03. The summed E-state index contributed by atoms with van der Waals surface area (Å²) in [5, 5.41) is 5.22. The molecule has 3 aromatic rings. The normalized spacial score (nSPS) is 10.9. The Hall–Kier alpha value is -2.17. The molecule has 0 saturated heterocycles. The largest absolute Gasteiger partial charge is 0.325 e. The number of aromatic nitrogens is 2. The van der Waals surface area contributed by atoms with Crippen LogP contribution in [0.15, 0.2) is 48.5 Å². The summed E-state index contributed by atoms with van der Waals surface area (Å²) in [5.41, 5.74) is 10.2. The third-order valence-electron chi connectivity index (χ3n) is 3.50. The first-order valence-electron chi connectivity index (χ1n) is 6.90. The van der Waals surface area contributed by atoms with E-state index in [-0.39, 0.29) is 5.82 Å². The van der Waals surface area contributed by atoms with Crippen molar-refractivity contribution in [2.24, 2.45) is 5.73 Å². The molecule has 0 amide bonds. The zero-order valence-electron chi connectivity index (χ0n) is 12.1. The van der Waals surface area contributed by atoms with Crippen LogP contribution in [-0.4, -0.2) is 9.78 Å². The summed E-state index contributed by atoms with van der Waals surface area (Å²) in [6.45, 7) is 2.31. The third kappa shape index (κ3) is 2.75. The summed E-state index contributed by atoms with van der Waals surface area (Å²) in [6, 6.07) is 13.9. The Morgan fingerprint density at radius 2 is 1.86 bits per heavy atom. The van der Waals surface area contributed by atoms with E-state index in [0.29, 0.717) is 11.6 Å². The molecule has 0 aliphatic carbocycles. The molecule has 1 heterocycles. The molecule has 0 saturated carbocycles. The lowest BCUT2D eigenvalue weighted by Gasteiger charge is -2.11. The van der Waals surface area contributed by atoms with Crippen LogP contribution in [-0.2, 0) is 6.54 Å². The standard InChI is InChI=1S/C17H15ClFN3/c1-11-8-13(18)4-7-16(11)22-17(9-15(10-20)21-22)12-2-5-14(19)6-3-12/h2-9H,10,20H2,1H3. The molecule has 0 unspecified atom stereocenters. The minimum absolute atomic E-state index is 0.267. The molecule has 0 atom stereocenters. The highest BCUT2D eigenvalue weighted by Crippen LogP contribution is 2.27. The van der Waals surface area contributed by atoms with Crippen LogP contribution in [0.1, 0.15) is 11.3 Å². The fraction of sp³-hybridized carbons (Fsp3) is 0.118. The van der Waals surface area contributed by atoms with Gasteiger partial charge in [0.2, 0.25) is 0 Å². The van der Waals surface area contributed by atoms with Crippen LogP contribution in [0, 0.1) is 12.7 Å². The molecule has 22 heavy (non-hydrogen) atoms. The van der Waals surface area contributed by atoms with Gasteiger partial charge in [-0.1, -0.05) is 11.6 Å². The first-order chi connectivity index (χ1) is 10.6. The topological polar surface area (TPSA) is 43.8 Å². The monoisotopic (exact) mass is 315 g/mol. The van der Waals surface area contributed by atoms with Crippen molar-refractivity contribution in [3.8, 4) is 16.9 Å². The van der Waals surface area contributed by atoms with Crippen molar-refractivity contribution < 1.29 is 4.39 Å². The summed E-state index contributed by atoms with van der Waals surface area (Å²) in [7, 11) is 0. The number of benzene rings is 2. The molecule has 0 radical (unpaired) electrons. The van der Waals surface area contributed by atoms with Crippen LogP contribution in [0.3, 0.4) is 0 Å². The SMILES string of the molecule is Cc1cc(Cl)ccc1-n1nc(CN)cc1-c1ccc(F)cc1. The number of nitrogens with zero attached hydrogens (tertiary/aromatic N) is 2. The first-order valence-corrected chi connectivity index (χ1v) is 7.28. The summed E-state index contributed by atoms with van der Waals surface area (Å²) in [5.74, 6) is -0.267. The van der Waals surface area contributed by atoms with Crippen LogP contribution in [0.4, 0.5) is 4.39 Å². The molecule has 1 aromatic heterocycles. The van der Waals surface area contributed by atoms with Crippen molar-refractivity contribution in [1.29, 1.82) is 0 Å². The van der Waals surface area contributed by atoms with Gasteiger partial charge in [-0.15, -0.1) is 0 Å². The molecule has 0 aliphatic heterocycles. The maximum atomic E-state index is 13.1. The average molecular weight is 316 g/mol. The summed E-state index contributed by atoms with van der Waals surface area (Å²) < 4.78 is 15.0. The lowest BCUT2D eigenvalue weighted by molar-refractivity contribution is 0.628. The Balaban J connectivity index is 2.18. The van der Waals surface area contributed by atoms with E-state index in [0.717, 1.165) is 28.2 Å². The van der Waals surface area contributed by atoms with Gasteiger partial charge in [-0.25, -0.2) is 9.07 Å². The highest BCUT2D eigenvalue weighted by molar-refractivity contribution is 6.30. The minimum Gasteiger partial charge on any atom is -0.325 e. The van der Waals surface area contributed by atoms with Crippen molar-refractivity contribution in [1.82, 2.24) is 9.78 Å². The van der Waals surface area contributed by atoms with Gasteiger partial charge < -0.3 is 5.73 Å². The van der Waals surface area contributed by atoms with Gasteiger partial charge in [-0.2, -0.15) is 5.10 Å². The lowest BCUT2D eigenvalue weighted by atomic mass is 10.1. The molecule has 3 nitrogen and oxygen atoms in total. The number of nitrogens with two attached hydrogens (primary N) is 1. The molecule has 112 valence electrons. The van der Waals surface area contributed by atoms with E-state index in [1.165, 1.54) is 12.1 Å². The highest BCUT2D eigenvalue weighted by atomic mass is 35.5. The van der Waals surface area contributed by atoms with E-state index in [4.69, 9.17) is 17.3 Å². The van der Waals surface area contributed by atoms with Crippen molar-refractivity contribution in [2.45, 2.75) is 13.5 Å². The van der Waals surface area contributed by atoms with Gasteiger partial charge in [0.1, 0.15) is 5.82 Å². The van der Waals surface area contributed by atoms with Gasteiger partial charge in [0.05, 0.1) is 17.1 Å². The number of hydrogen-bond acceptors (Lipinski definition) is 2. The quantitative estimate of drug-likeness (QED) is 0.791. The average Bonchev–Trinajstić information content (AvgIpc) is 2.92. The Morgan fingerprint density at radius 1 is 1.14 bits per heavy atom. The van der Waals surface area contributed by atoms with E-state index >= 15 is 0 Å². The zero-order valence-corrected chi connectivity index (χ0v) is 12.8. The van der Waals surface area contributed by atoms with E-state index in [1.807, 2.05) is 35.9 Å². The molecule has 3 rings (SSSR count). The molecule has 0 aliphatic rings. The van der Waals surface area contributed by atoms with Crippen LogP contribution in [0.25, 0.3) is 16.9 Å². The first kappa shape index (κ1) is 14.8. The number of halogens is 2. The summed E-state index contributed by atoms with van der Waals surface area (Å²) in [6.07, 6.45) is 0. The molecular weight excluding hydrogens is 301 g/mol. The molecule has 2 N–H and O–H groups in total. The summed E-state index contributed by atoms with van der Waals surface area (Å²) in [4.78, 5) is 0. The number of aryl methyl sites for hydroxylation is 1. The van der Waals surface area contributed by atoms with Gasteiger partial charge in [-0.05, 0) is 61.0 Å². The molecule has 2 aromatic carbocycles. The van der Waals surface area contributed by atoms with Crippen LogP contribution in [0.2, 0.25) is 5.02 Å². The second kappa shape index (κ2) is 5.91. The highest BCUT2D eigenvalue weighted by Gasteiger charge is 2.13. The van der Waals surface area contributed by atoms with E-state index in [9.17, 15) is 4.39 Å². The Kier molecular flexibility index (Phi) is 3.96. The fourth-order valence-corrected chi connectivity index (χ4v) is 2.62. The van der Waals surface area contributed by atoms with Crippen molar-refractivity contribution >= 4 is 11.6 Å². The minimum atomic E-state index is -0.267. The Bertz CT molecular complexity index is 809. The predicted octanol–water partition coefficient (Wildman–Crippen LogP) is 4.10. The van der Waals surface area contributed by atoms with Crippen molar-refractivity contribution in [3.63, 3.8) is 0 Å². The second-order valence-corrected chi connectivity index (χ2v) is 5.51. The van der Waals surface area contributed by atoms with Gasteiger partial charge in [0.25, 0.3) is 0 Å². The second-order valence-electron chi connectivity index (χ2n) is 5.07. The Morgan fingerprint density at radius 3 is 2.50 bits per heavy atom. The van der Waals surface area contributed by atoms with Crippen molar-refractivity contribution in [3.05, 3.63) is 70.6 Å². The molecule has 0 bridgehead atoms. The van der Waals surface area contributed by atoms with Crippen LogP contribution in [0.5, 0.6) is 0 Å². The molecule has 0 fully saturated rings. The van der Waals surface area contributed by atoms with Gasteiger partial charge in [0.15, 0.2) is 0 Å². The molecule has 0 spiro atoms.